The van der Waals surface area contributed by atoms with Crippen molar-refractivity contribution in [1.29, 1.82) is 0 Å². The molecule has 0 saturated heterocycles. The minimum Gasteiger partial charge on any atom is -0.496 e. The van der Waals surface area contributed by atoms with Crippen molar-refractivity contribution in [2.75, 3.05) is 20.8 Å². The maximum absolute atomic E-state index is 11.5. The molecule has 0 aliphatic heterocycles. The molecule has 0 atom stereocenters. The van der Waals surface area contributed by atoms with Gasteiger partial charge in [-0.3, -0.25) is 10.1 Å². The van der Waals surface area contributed by atoms with Gasteiger partial charge in [0.05, 0.1) is 25.2 Å². The fourth-order valence-electron chi connectivity index (χ4n) is 1.54. The summed E-state index contributed by atoms with van der Waals surface area (Å²) >= 11 is 0. The van der Waals surface area contributed by atoms with Crippen molar-refractivity contribution >= 4 is 11.7 Å². The summed E-state index contributed by atoms with van der Waals surface area (Å²) in [5.41, 5.74) is 0.145. The number of aliphatic hydroxyl groups excluding tert-OH is 1. The molecule has 0 unspecified atom stereocenters. The molecule has 0 saturated carbocycles. The summed E-state index contributed by atoms with van der Waals surface area (Å²) < 4.78 is 9.49. The number of carbonyl (C=O) groups excluding carboxylic acids is 1. The molecule has 0 bridgehead atoms. The minimum absolute atomic E-state index is 0.0650. The van der Waals surface area contributed by atoms with Crippen LogP contribution in [0, 0.1) is 10.1 Å². The van der Waals surface area contributed by atoms with E-state index < -0.39 is 10.9 Å². The van der Waals surface area contributed by atoms with Crippen LogP contribution in [0.15, 0.2) is 12.1 Å². The first-order valence-electron chi connectivity index (χ1n) is 5.09. The summed E-state index contributed by atoms with van der Waals surface area (Å²) in [7, 11) is 2.51. The monoisotopic (exact) mass is 255 g/mol. The molecule has 0 heterocycles. The molecule has 18 heavy (non-hydrogen) atoms. The lowest BCUT2D eigenvalue weighted by Gasteiger charge is -2.09. The number of nitrogens with zero attached hydrogens (tertiary/aromatic N) is 1. The van der Waals surface area contributed by atoms with Crippen LogP contribution < -0.4 is 4.74 Å². The fourth-order valence-corrected chi connectivity index (χ4v) is 1.54. The first-order valence-corrected chi connectivity index (χ1v) is 5.09. The van der Waals surface area contributed by atoms with E-state index in [1.165, 1.54) is 20.3 Å². The summed E-state index contributed by atoms with van der Waals surface area (Å²) in [5, 5.41) is 19.7. The maximum Gasteiger partial charge on any atom is 0.341 e. The van der Waals surface area contributed by atoms with Crippen LogP contribution in [0.3, 0.4) is 0 Å². The number of hydrogen-bond acceptors (Lipinski definition) is 6. The molecule has 7 heteroatoms. The zero-order valence-corrected chi connectivity index (χ0v) is 10.0. The van der Waals surface area contributed by atoms with Gasteiger partial charge in [0.2, 0.25) is 0 Å². The number of aliphatic hydroxyl groups is 1. The molecular weight excluding hydrogens is 242 g/mol. The Morgan fingerprint density at radius 3 is 2.56 bits per heavy atom. The number of nitro groups is 1. The van der Waals surface area contributed by atoms with Crippen LogP contribution in [0.1, 0.15) is 15.9 Å². The summed E-state index contributed by atoms with van der Waals surface area (Å²) in [5.74, 6) is -0.587. The third-order valence-corrected chi connectivity index (χ3v) is 2.38. The molecule has 0 radical (unpaired) electrons. The molecule has 1 aromatic carbocycles. The SMILES string of the molecule is COC(=O)c1cc(CCO)c([N+](=O)[O-])cc1OC. The summed E-state index contributed by atoms with van der Waals surface area (Å²) in [4.78, 5) is 21.8. The molecule has 0 spiro atoms. The lowest BCUT2D eigenvalue weighted by atomic mass is 10.0. The average Bonchev–Trinajstić information content (AvgIpc) is 2.37. The second-order valence-electron chi connectivity index (χ2n) is 3.40. The Labute approximate surface area is 103 Å². The van der Waals surface area contributed by atoms with E-state index in [1.54, 1.807) is 0 Å². The van der Waals surface area contributed by atoms with Gasteiger partial charge in [-0.15, -0.1) is 0 Å². The Morgan fingerprint density at radius 1 is 1.44 bits per heavy atom. The van der Waals surface area contributed by atoms with Gasteiger partial charge in [-0.2, -0.15) is 0 Å². The molecule has 1 N–H and O–H groups in total. The van der Waals surface area contributed by atoms with Gasteiger partial charge in [0.15, 0.2) is 0 Å². The predicted octanol–water partition coefficient (Wildman–Crippen LogP) is 0.925. The second-order valence-corrected chi connectivity index (χ2v) is 3.40. The van der Waals surface area contributed by atoms with Gasteiger partial charge >= 0.3 is 5.97 Å². The van der Waals surface area contributed by atoms with Gasteiger partial charge in [-0.1, -0.05) is 0 Å². The van der Waals surface area contributed by atoms with E-state index in [4.69, 9.17) is 9.84 Å². The molecule has 98 valence electrons. The van der Waals surface area contributed by atoms with Crippen molar-refractivity contribution in [1.82, 2.24) is 0 Å². The van der Waals surface area contributed by atoms with Crippen LogP contribution in [0.2, 0.25) is 0 Å². The topological polar surface area (TPSA) is 98.9 Å². The highest BCUT2D eigenvalue weighted by molar-refractivity contribution is 5.93. The van der Waals surface area contributed by atoms with Crippen LogP contribution in [-0.2, 0) is 11.2 Å². The Balaban J connectivity index is 3.40. The number of methoxy groups -OCH3 is 2. The first-order chi connectivity index (χ1) is 8.54. The standard InChI is InChI=1S/C11H13NO6/c1-17-10-6-9(12(15)16)7(3-4-13)5-8(10)11(14)18-2/h5-6,13H,3-4H2,1-2H3. The molecule has 0 fully saturated rings. The van der Waals surface area contributed by atoms with Crippen LogP contribution in [0.25, 0.3) is 0 Å². The maximum atomic E-state index is 11.5. The van der Waals surface area contributed by atoms with Crippen LogP contribution in [0.5, 0.6) is 5.75 Å². The average molecular weight is 255 g/mol. The van der Waals surface area contributed by atoms with Crippen molar-refractivity contribution in [3.05, 3.63) is 33.4 Å². The number of carbonyl (C=O) groups is 1. The van der Waals surface area contributed by atoms with Crippen LogP contribution in [-0.4, -0.2) is 36.8 Å². The lowest BCUT2D eigenvalue weighted by molar-refractivity contribution is -0.385. The lowest BCUT2D eigenvalue weighted by Crippen LogP contribution is -2.07. The molecule has 0 aromatic heterocycles. The highest BCUT2D eigenvalue weighted by atomic mass is 16.6. The zero-order chi connectivity index (χ0) is 13.7. The van der Waals surface area contributed by atoms with E-state index in [-0.39, 0.29) is 35.6 Å². The van der Waals surface area contributed by atoms with Crippen molar-refractivity contribution in [3.8, 4) is 5.75 Å². The fraction of sp³-hybridized carbons (Fsp3) is 0.364. The smallest absolute Gasteiger partial charge is 0.341 e. The van der Waals surface area contributed by atoms with Gasteiger partial charge in [0.25, 0.3) is 5.69 Å². The number of hydrogen-bond donors (Lipinski definition) is 1. The van der Waals surface area contributed by atoms with Crippen LogP contribution in [0.4, 0.5) is 5.69 Å². The summed E-state index contributed by atoms with van der Waals surface area (Å²) in [6.45, 7) is -0.256. The van der Waals surface area contributed by atoms with Crippen LogP contribution >= 0.6 is 0 Å². The van der Waals surface area contributed by atoms with E-state index in [0.29, 0.717) is 0 Å². The van der Waals surface area contributed by atoms with E-state index in [1.807, 2.05) is 0 Å². The van der Waals surface area contributed by atoms with Gasteiger partial charge in [0.1, 0.15) is 11.3 Å². The van der Waals surface area contributed by atoms with Crippen molar-refractivity contribution < 1.29 is 24.3 Å². The number of ether oxygens (including phenoxy) is 2. The largest absolute Gasteiger partial charge is 0.496 e. The van der Waals surface area contributed by atoms with E-state index >= 15 is 0 Å². The third-order valence-electron chi connectivity index (χ3n) is 2.38. The first kappa shape index (κ1) is 13.9. The van der Waals surface area contributed by atoms with Gasteiger partial charge in [0, 0.05) is 18.6 Å². The summed E-state index contributed by atoms with van der Waals surface area (Å²) in [6.07, 6.45) is 0.0737. The molecule has 1 rings (SSSR count). The Morgan fingerprint density at radius 2 is 2.11 bits per heavy atom. The number of benzene rings is 1. The molecular formula is C11H13NO6. The quantitative estimate of drug-likeness (QED) is 0.477. The summed E-state index contributed by atoms with van der Waals surface area (Å²) in [6, 6.07) is 2.45. The second kappa shape index (κ2) is 5.97. The number of rotatable bonds is 5. The highest BCUT2D eigenvalue weighted by Gasteiger charge is 2.22. The number of nitro benzene ring substituents is 1. The molecule has 1 aromatic rings. The van der Waals surface area contributed by atoms with Crippen molar-refractivity contribution in [2.24, 2.45) is 0 Å². The van der Waals surface area contributed by atoms with Gasteiger partial charge < -0.3 is 14.6 Å². The molecule has 0 aliphatic rings. The third kappa shape index (κ3) is 2.75. The molecule has 0 aliphatic carbocycles. The Bertz CT molecular complexity index is 471. The minimum atomic E-state index is -0.652. The van der Waals surface area contributed by atoms with E-state index in [2.05, 4.69) is 4.74 Å². The molecule has 0 amide bonds. The Kier molecular flexibility index (Phi) is 4.61. The highest BCUT2D eigenvalue weighted by Crippen LogP contribution is 2.29. The normalized spacial score (nSPS) is 9.94. The van der Waals surface area contributed by atoms with Crippen molar-refractivity contribution in [2.45, 2.75) is 6.42 Å². The Hall–Kier alpha value is -2.15. The molecule has 7 nitrogen and oxygen atoms in total. The predicted molar refractivity (Wildman–Crippen MR) is 61.8 cm³/mol. The van der Waals surface area contributed by atoms with E-state index in [0.717, 1.165) is 6.07 Å². The van der Waals surface area contributed by atoms with Gasteiger partial charge in [-0.05, 0) is 6.07 Å². The zero-order valence-electron chi connectivity index (χ0n) is 10.0. The van der Waals surface area contributed by atoms with Crippen molar-refractivity contribution in [3.63, 3.8) is 0 Å². The van der Waals surface area contributed by atoms with E-state index in [9.17, 15) is 14.9 Å². The number of esters is 1. The van der Waals surface area contributed by atoms with Gasteiger partial charge in [-0.25, -0.2) is 4.79 Å².